The number of rotatable bonds is 9. The van der Waals surface area contributed by atoms with E-state index in [2.05, 4.69) is 10.4 Å². The van der Waals surface area contributed by atoms with Crippen molar-refractivity contribution in [3.8, 4) is 5.69 Å². The SMILES string of the molecule is CCOP(=O)(Cc1ccc(C(=O)Nc2ccnn2-c2ccccc2)cc1)OCC. The van der Waals surface area contributed by atoms with Gasteiger partial charge in [0.1, 0.15) is 5.82 Å². The molecule has 0 unspecified atom stereocenters. The summed E-state index contributed by atoms with van der Waals surface area (Å²) in [6.45, 7) is 4.18. The van der Waals surface area contributed by atoms with Crippen LogP contribution in [-0.2, 0) is 19.8 Å². The fourth-order valence-electron chi connectivity index (χ4n) is 2.87. The maximum atomic E-state index is 12.7. The molecule has 1 amide bonds. The highest BCUT2D eigenvalue weighted by Crippen LogP contribution is 2.51. The number of anilines is 1. The van der Waals surface area contributed by atoms with E-state index < -0.39 is 7.60 Å². The molecule has 0 radical (unpaired) electrons. The summed E-state index contributed by atoms with van der Waals surface area (Å²) >= 11 is 0. The van der Waals surface area contributed by atoms with E-state index in [1.54, 1.807) is 55.1 Å². The summed E-state index contributed by atoms with van der Waals surface area (Å²) < 4.78 is 25.0. The first-order valence-electron chi connectivity index (χ1n) is 9.42. The van der Waals surface area contributed by atoms with Crippen LogP contribution in [0.5, 0.6) is 0 Å². The van der Waals surface area contributed by atoms with E-state index in [1.165, 1.54) is 0 Å². The lowest BCUT2D eigenvalue weighted by Gasteiger charge is -2.17. The second-order valence-corrected chi connectivity index (χ2v) is 8.27. The number of benzene rings is 2. The summed E-state index contributed by atoms with van der Waals surface area (Å²) in [5.74, 6) is 0.314. The number of carbonyl (C=O) groups is 1. The number of nitrogens with one attached hydrogen (secondary N) is 1. The molecular weight excluding hydrogens is 389 g/mol. The minimum Gasteiger partial charge on any atom is -0.309 e. The van der Waals surface area contributed by atoms with E-state index in [9.17, 15) is 9.36 Å². The summed E-state index contributed by atoms with van der Waals surface area (Å²) in [5, 5.41) is 7.14. The maximum absolute atomic E-state index is 12.7. The van der Waals surface area contributed by atoms with Crippen molar-refractivity contribution in [2.75, 3.05) is 18.5 Å². The van der Waals surface area contributed by atoms with Crippen LogP contribution < -0.4 is 5.32 Å². The average molecular weight is 413 g/mol. The molecule has 152 valence electrons. The first kappa shape index (κ1) is 21.0. The number of para-hydroxylation sites is 1. The lowest BCUT2D eigenvalue weighted by atomic mass is 10.1. The van der Waals surface area contributed by atoms with Crippen LogP contribution in [0, 0.1) is 0 Å². The molecule has 1 N–H and O–H groups in total. The molecule has 0 saturated carbocycles. The molecule has 0 atom stereocenters. The Balaban J connectivity index is 1.70. The van der Waals surface area contributed by atoms with E-state index in [0.717, 1.165) is 11.3 Å². The molecule has 3 rings (SSSR count). The Kier molecular flexibility index (Phi) is 6.99. The minimum absolute atomic E-state index is 0.164. The van der Waals surface area contributed by atoms with Crippen LogP contribution in [0.1, 0.15) is 29.8 Å². The Hall–Kier alpha value is -2.73. The number of nitrogens with zero attached hydrogens (tertiary/aromatic N) is 2. The molecular formula is C21H24N3O4P. The van der Waals surface area contributed by atoms with Crippen LogP contribution in [0.4, 0.5) is 5.82 Å². The monoisotopic (exact) mass is 413 g/mol. The lowest BCUT2D eigenvalue weighted by Crippen LogP contribution is -2.15. The zero-order valence-corrected chi connectivity index (χ0v) is 17.3. The molecule has 8 heteroatoms. The topological polar surface area (TPSA) is 82.5 Å². The van der Waals surface area contributed by atoms with Crippen molar-refractivity contribution in [1.82, 2.24) is 9.78 Å². The summed E-state index contributed by atoms with van der Waals surface area (Å²) in [6.07, 6.45) is 1.79. The van der Waals surface area contributed by atoms with Gasteiger partial charge in [0.25, 0.3) is 5.91 Å². The summed E-state index contributed by atoms with van der Waals surface area (Å²) in [6, 6.07) is 18.2. The fourth-order valence-corrected chi connectivity index (χ4v) is 4.57. The molecule has 3 aromatic rings. The Morgan fingerprint density at radius 1 is 1.00 bits per heavy atom. The van der Waals surface area contributed by atoms with Gasteiger partial charge in [-0.25, -0.2) is 4.68 Å². The Bertz CT molecular complexity index is 977. The van der Waals surface area contributed by atoms with E-state index in [0.29, 0.717) is 24.6 Å². The quantitative estimate of drug-likeness (QED) is 0.505. The molecule has 29 heavy (non-hydrogen) atoms. The number of hydrogen-bond donors (Lipinski definition) is 1. The van der Waals surface area contributed by atoms with Gasteiger partial charge in [0, 0.05) is 11.6 Å². The summed E-state index contributed by atoms with van der Waals surface area (Å²) in [5.41, 5.74) is 2.11. The van der Waals surface area contributed by atoms with Gasteiger partial charge in [-0.1, -0.05) is 30.3 Å². The predicted molar refractivity (Wildman–Crippen MR) is 113 cm³/mol. The largest absolute Gasteiger partial charge is 0.335 e. The summed E-state index contributed by atoms with van der Waals surface area (Å²) in [7, 11) is -3.18. The van der Waals surface area contributed by atoms with Gasteiger partial charge >= 0.3 is 7.60 Å². The van der Waals surface area contributed by atoms with Crippen molar-refractivity contribution in [3.05, 3.63) is 78.0 Å². The number of hydrogen-bond acceptors (Lipinski definition) is 5. The van der Waals surface area contributed by atoms with Crippen LogP contribution >= 0.6 is 7.60 Å². The van der Waals surface area contributed by atoms with Gasteiger partial charge in [-0.2, -0.15) is 5.10 Å². The molecule has 1 heterocycles. The third-order valence-electron chi connectivity index (χ3n) is 4.13. The van der Waals surface area contributed by atoms with E-state index in [-0.39, 0.29) is 12.1 Å². The van der Waals surface area contributed by atoms with Crippen molar-refractivity contribution in [1.29, 1.82) is 0 Å². The number of aromatic nitrogens is 2. The van der Waals surface area contributed by atoms with Gasteiger partial charge < -0.3 is 14.4 Å². The maximum Gasteiger partial charge on any atom is 0.335 e. The standard InChI is InChI=1S/C21H24N3O4P/c1-3-27-29(26,28-4-2)16-17-10-12-18(13-11-17)21(25)23-20-14-15-22-24(20)19-8-6-5-7-9-19/h5-15H,3-4,16H2,1-2H3,(H,23,25). The van der Waals surface area contributed by atoms with E-state index >= 15 is 0 Å². The van der Waals surface area contributed by atoms with Crippen LogP contribution in [0.2, 0.25) is 0 Å². The fraction of sp³-hybridized carbons (Fsp3) is 0.238. The van der Waals surface area contributed by atoms with Crippen LogP contribution in [0.3, 0.4) is 0 Å². The highest BCUT2D eigenvalue weighted by atomic mass is 31.2. The van der Waals surface area contributed by atoms with Gasteiger partial charge in [-0.15, -0.1) is 0 Å². The molecule has 0 fully saturated rings. The van der Waals surface area contributed by atoms with Crippen LogP contribution in [0.15, 0.2) is 66.9 Å². The Labute approximate surface area is 170 Å². The Morgan fingerprint density at radius 2 is 1.66 bits per heavy atom. The molecule has 0 bridgehead atoms. The first-order valence-corrected chi connectivity index (χ1v) is 11.2. The Morgan fingerprint density at radius 3 is 2.28 bits per heavy atom. The number of amides is 1. The molecule has 0 saturated heterocycles. The highest BCUT2D eigenvalue weighted by Gasteiger charge is 2.24. The molecule has 1 aromatic heterocycles. The third-order valence-corrected chi connectivity index (χ3v) is 6.18. The van der Waals surface area contributed by atoms with Crippen molar-refractivity contribution in [3.63, 3.8) is 0 Å². The summed E-state index contributed by atoms with van der Waals surface area (Å²) in [4.78, 5) is 12.6. The van der Waals surface area contributed by atoms with Crippen molar-refractivity contribution >= 4 is 19.3 Å². The molecule has 0 aliphatic carbocycles. The van der Waals surface area contributed by atoms with Gasteiger partial charge in [0.2, 0.25) is 0 Å². The molecule has 0 aliphatic rings. The van der Waals surface area contributed by atoms with Gasteiger partial charge in [0.05, 0.1) is 31.3 Å². The zero-order chi connectivity index (χ0) is 20.7. The minimum atomic E-state index is -3.18. The molecule has 7 nitrogen and oxygen atoms in total. The lowest BCUT2D eigenvalue weighted by molar-refractivity contribution is 0.102. The first-order chi connectivity index (χ1) is 14.0. The van der Waals surface area contributed by atoms with Crippen molar-refractivity contribution in [2.45, 2.75) is 20.0 Å². The normalized spacial score (nSPS) is 11.4. The van der Waals surface area contributed by atoms with Gasteiger partial charge in [0.15, 0.2) is 0 Å². The zero-order valence-electron chi connectivity index (χ0n) is 16.4. The van der Waals surface area contributed by atoms with Crippen LogP contribution in [0.25, 0.3) is 5.69 Å². The molecule has 0 spiro atoms. The predicted octanol–water partition coefficient (Wildman–Crippen LogP) is 4.89. The second-order valence-electron chi connectivity index (χ2n) is 6.22. The van der Waals surface area contributed by atoms with Gasteiger partial charge in [-0.3, -0.25) is 9.36 Å². The van der Waals surface area contributed by atoms with Gasteiger partial charge in [-0.05, 0) is 43.7 Å². The van der Waals surface area contributed by atoms with Crippen LogP contribution in [-0.4, -0.2) is 28.9 Å². The third kappa shape index (κ3) is 5.41. The van der Waals surface area contributed by atoms with Crippen molar-refractivity contribution in [2.24, 2.45) is 0 Å². The second kappa shape index (κ2) is 9.65. The smallest absolute Gasteiger partial charge is 0.309 e. The highest BCUT2D eigenvalue weighted by molar-refractivity contribution is 7.53. The van der Waals surface area contributed by atoms with E-state index in [1.807, 2.05) is 30.3 Å². The van der Waals surface area contributed by atoms with Crippen molar-refractivity contribution < 1.29 is 18.4 Å². The molecule has 2 aromatic carbocycles. The average Bonchev–Trinajstić information content (AvgIpc) is 3.17. The molecule has 0 aliphatic heterocycles. The van der Waals surface area contributed by atoms with E-state index in [4.69, 9.17) is 9.05 Å². The number of carbonyl (C=O) groups excluding carboxylic acids is 1.